The Kier molecular flexibility index (Phi) is 7.12. The molecule has 0 spiro atoms. The molecule has 0 saturated heterocycles. The molecule has 2 rings (SSSR count). The topological polar surface area (TPSA) is 111 Å². The first-order chi connectivity index (χ1) is 12.3. The number of rotatable bonds is 7. The zero-order valence-electron chi connectivity index (χ0n) is 13.8. The van der Waals surface area contributed by atoms with Gasteiger partial charge in [-0.2, -0.15) is 0 Å². The number of benzene rings is 1. The number of thiazole rings is 1. The molecule has 0 aliphatic heterocycles. The highest BCUT2D eigenvalue weighted by molar-refractivity contribution is 9.10. The minimum absolute atomic E-state index is 0.0674. The van der Waals surface area contributed by atoms with Crippen LogP contribution in [0.3, 0.4) is 0 Å². The molecule has 1 N–H and O–H groups in total. The van der Waals surface area contributed by atoms with Crippen LogP contribution in [0.1, 0.15) is 11.1 Å². The monoisotopic (exact) mass is 459 g/mol. The summed E-state index contributed by atoms with van der Waals surface area (Å²) >= 11 is 5.50. The third-order valence-corrected chi connectivity index (χ3v) is 5.94. The predicted molar refractivity (Wildman–Crippen MR) is 103 cm³/mol. The molecule has 1 amide bonds. The summed E-state index contributed by atoms with van der Waals surface area (Å²) in [6, 6.07) is 3.95. The largest absolute Gasteiger partial charge is 0.455 e. The lowest BCUT2D eigenvalue weighted by atomic mass is 10.2. The molecular formula is C15H14BrN3O5S2. The number of esters is 1. The van der Waals surface area contributed by atoms with E-state index in [4.69, 9.17) is 4.74 Å². The molecule has 26 heavy (non-hydrogen) atoms. The Labute approximate surface area is 165 Å². The number of nitrogens with zero attached hydrogens (tertiary/aromatic N) is 2. The Morgan fingerprint density at radius 2 is 2.12 bits per heavy atom. The van der Waals surface area contributed by atoms with Gasteiger partial charge in [-0.25, -0.2) is 4.98 Å². The van der Waals surface area contributed by atoms with E-state index in [0.29, 0.717) is 0 Å². The molecule has 0 aliphatic rings. The van der Waals surface area contributed by atoms with Crippen molar-refractivity contribution in [2.75, 3.05) is 17.7 Å². The Bertz CT molecular complexity index is 856. The van der Waals surface area contributed by atoms with Crippen LogP contribution >= 0.6 is 39.0 Å². The molecule has 1 heterocycles. The molecule has 0 aliphatic carbocycles. The van der Waals surface area contributed by atoms with Crippen LogP contribution in [-0.4, -0.2) is 34.1 Å². The highest BCUT2D eigenvalue weighted by Crippen LogP contribution is 2.28. The van der Waals surface area contributed by atoms with Crippen LogP contribution < -0.4 is 5.32 Å². The maximum atomic E-state index is 11.8. The van der Waals surface area contributed by atoms with Gasteiger partial charge in [-0.05, 0) is 48.4 Å². The van der Waals surface area contributed by atoms with E-state index >= 15 is 0 Å². The van der Waals surface area contributed by atoms with E-state index in [-0.39, 0.29) is 15.9 Å². The Morgan fingerprint density at radius 3 is 2.77 bits per heavy atom. The molecule has 0 unspecified atom stereocenters. The third kappa shape index (κ3) is 5.78. The molecular weight excluding hydrogens is 446 g/mol. The molecule has 0 atom stereocenters. The number of carbonyl (C=O) groups excluding carboxylic acids is 2. The molecule has 8 nitrogen and oxygen atoms in total. The molecule has 1 aromatic carbocycles. The number of nitrogens with one attached hydrogen (secondary N) is 1. The molecule has 0 saturated carbocycles. The van der Waals surface area contributed by atoms with Gasteiger partial charge in [0.1, 0.15) is 6.20 Å². The Morgan fingerprint density at radius 1 is 1.38 bits per heavy atom. The lowest BCUT2D eigenvalue weighted by Crippen LogP contribution is -2.21. The van der Waals surface area contributed by atoms with Crippen molar-refractivity contribution in [1.29, 1.82) is 0 Å². The number of hydrogen-bond acceptors (Lipinski definition) is 8. The van der Waals surface area contributed by atoms with E-state index in [2.05, 4.69) is 26.2 Å². The molecule has 1 aromatic heterocycles. The van der Waals surface area contributed by atoms with Crippen LogP contribution in [-0.2, 0) is 14.3 Å². The fourth-order valence-electron chi connectivity index (χ4n) is 1.80. The number of aromatic nitrogens is 1. The average molecular weight is 460 g/mol. The fraction of sp³-hybridized carbons (Fsp3) is 0.267. The second-order valence-corrected chi connectivity index (χ2v) is 8.01. The van der Waals surface area contributed by atoms with Gasteiger partial charge in [0.05, 0.1) is 10.7 Å². The Balaban J connectivity index is 1.78. The van der Waals surface area contributed by atoms with Crippen LogP contribution in [0.15, 0.2) is 27.7 Å². The van der Waals surface area contributed by atoms with Gasteiger partial charge in [-0.3, -0.25) is 25.0 Å². The van der Waals surface area contributed by atoms with Crippen molar-refractivity contribution < 1.29 is 19.2 Å². The minimum atomic E-state index is -0.608. The summed E-state index contributed by atoms with van der Waals surface area (Å²) in [6.07, 6.45) is 1.05. The number of carbonyl (C=O) groups is 2. The second-order valence-electron chi connectivity index (χ2n) is 5.13. The zero-order valence-corrected chi connectivity index (χ0v) is 17.0. The number of thioether (sulfide) groups is 1. The zero-order chi connectivity index (χ0) is 19.3. The summed E-state index contributed by atoms with van der Waals surface area (Å²) in [5.41, 5.74) is 2.09. The number of anilines is 1. The maximum absolute atomic E-state index is 11.8. The van der Waals surface area contributed by atoms with Gasteiger partial charge in [-0.15, -0.1) is 11.8 Å². The van der Waals surface area contributed by atoms with E-state index in [1.807, 2.05) is 26.0 Å². The van der Waals surface area contributed by atoms with Crippen LogP contribution in [0.2, 0.25) is 0 Å². The maximum Gasteiger partial charge on any atom is 0.345 e. The normalized spacial score (nSPS) is 10.4. The highest BCUT2D eigenvalue weighted by atomic mass is 79.9. The van der Waals surface area contributed by atoms with Crippen molar-refractivity contribution in [2.24, 2.45) is 0 Å². The number of aryl methyl sites for hydroxylation is 2. The van der Waals surface area contributed by atoms with E-state index in [0.717, 1.165) is 38.0 Å². The first kappa shape index (κ1) is 20.3. The predicted octanol–water partition coefficient (Wildman–Crippen LogP) is 3.70. The van der Waals surface area contributed by atoms with Gasteiger partial charge < -0.3 is 4.74 Å². The van der Waals surface area contributed by atoms with Gasteiger partial charge in [0.15, 0.2) is 11.7 Å². The smallest absolute Gasteiger partial charge is 0.345 e. The fourth-order valence-corrected chi connectivity index (χ4v) is 3.81. The number of hydrogen-bond donors (Lipinski definition) is 1. The van der Waals surface area contributed by atoms with Crippen LogP contribution in [0, 0.1) is 24.0 Å². The van der Waals surface area contributed by atoms with Gasteiger partial charge >= 0.3 is 11.0 Å². The molecule has 0 bridgehead atoms. The lowest BCUT2D eigenvalue weighted by Gasteiger charge is -2.08. The van der Waals surface area contributed by atoms with Gasteiger partial charge in [0.2, 0.25) is 0 Å². The summed E-state index contributed by atoms with van der Waals surface area (Å²) in [4.78, 5) is 38.1. The number of amides is 1. The van der Waals surface area contributed by atoms with Gasteiger partial charge in [0, 0.05) is 9.37 Å². The molecule has 11 heteroatoms. The van der Waals surface area contributed by atoms with Crippen LogP contribution in [0.25, 0.3) is 0 Å². The quantitative estimate of drug-likeness (QED) is 0.290. The number of halogens is 1. The number of nitro groups is 1. The van der Waals surface area contributed by atoms with Gasteiger partial charge in [0.25, 0.3) is 5.91 Å². The Hall–Kier alpha value is -1.98. The second kappa shape index (κ2) is 9.10. The van der Waals surface area contributed by atoms with E-state index < -0.39 is 23.4 Å². The third-order valence-electron chi connectivity index (χ3n) is 3.09. The van der Waals surface area contributed by atoms with Crippen LogP contribution in [0.4, 0.5) is 10.1 Å². The van der Waals surface area contributed by atoms with E-state index in [1.165, 1.54) is 11.8 Å². The highest BCUT2D eigenvalue weighted by Gasteiger charge is 2.15. The lowest BCUT2D eigenvalue weighted by molar-refractivity contribution is -0.380. The average Bonchev–Trinajstić information content (AvgIpc) is 3.04. The summed E-state index contributed by atoms with van der Waals surface area (Å²) in [6.45, 7) is 3.42. The van der Waals surface area contributed by atoms with E-state index in [9.17, 15) is 19.7 Å². The number of ether oxygens (including phenoxy) is 1. The molecule has 0 fully saturated rings. The molecule has 2 aromatic rings. The summed E-state index contributed by atoms with van der Waals surface area (Å²) in [7, 11) is 0. The van der Waals surface area contributed by atoms with E-state index in [1.54, 1.807) is 0 Å². The SMILES string of the molecule is Cc1cc(SCC(=O)OCC(=O)Nc2ncc([N+](=O)[O-])s2)c(C)cc1Br. The van der Waals surface area contributed by atoms with Crippen molar-refractivity contribution >= 4 is 61.0 Å². The molecule has 138 valence electrons. The molecule has 0 radical (unpaired) electrons. The summed E-state index contributed by atoms with van der Waals surface area (Å²) < 4.78 is 5.91. The minimum Gasteiger partial charge on any atom is -0.455 e. The summed E-state index contributed by atoms with van der Waals surface area (Å²) in [5.74, 6) is -1.07. The van der Waals surface area contributed by atoms with Crippen molar-refractivity contribution in [1.82, 2.24) is 4.98 Å². The van der Waals surface area contributed by atoms with Crippen molar-refractivity contribution in [2.45, 2.75) is 18.7 Å². The first-order valence-corrected chi connectivity index (χ1v) is 9.81. The van der Waals surface area contributed by atoms with Gasteiger partial charge in [-0.1, -0.05) is 15.9 Å². The first-order valence-electron chi connectivity index (χ1n) is 7.21. The van der Waals surface area contributed by atoms with Crippen molar-refractivity contribution in [3.8, 4) is 0 Å². The standard InChI is InChI=1S/C15H14BrN3O5S2/c1-8-4-11(9(2)3-10(8)16)25-7-14(21)24-6-12(20)18-15-17-5-13(26-15)19(22)23/h3-5H,6-7H2,1-2H3,(H,17,18,20). The summed E-state index contributed by atoms with van der Waals surface area (Å²) in [5, 5.41) is 12.8. The van der Waals surface area contributed by atoms with Crippen LogP contribution in [0.5, 0.6) is 0 Å². The van der Waals surface area contributed by atoms with Crippen molar-refractivity contribution in [3.63, 3.8) is 0 Å². The van der Waals surface area contributed by atoms with Crippen molar-refractivity contribution in [3.05, 3.63) is 44.0 Å².